The zero-order valence-corrected chi connectivity index (χ0v) is 9.90. The van der Waals surface area contributed by atoms with E-state index in [-0.39, 0.29) is 17.5 Å². The Labute approximate surface area is 95.3 Å². The van der Waals surface area contributed by atoms with Crippen LogP contribution in [0.3, 0.4) is 0 Å². The number of rotatable bonds is 4. The molecule has 0 fully saturated rings. The molecule has 3 nitrogen and oxygen atoms in total. The van der Waals surface area contributed by atoms with E-state index in [4.69, 9.17) is 0 Å². The summed E-state index contributed by atoms with van der Waals surface area (Å²) < 4.78 is 13.4. The van der Waals surface area contributed by atoms with Gasteiger partial charge in [0, 0.05) is 19.3 Å². The fourth-order valence-corrected chi connectivity index (χ4v) is 1.74. The summed E-state index contributed by atoms with van der Waals surface area (Å²) in [5.74, 6) is -0.848. The minimum atomic E-state index is -0.565. The van der Waals surface area contributed by atoms with Crippen LogP contribution in [0.2, 0.25) is 0 Å². The molecule has 0 aliphatic heterocycles. The van der Waals surface area contributed by atoms with E-state index in [0.717, 1.165) is 19.0 Å². The lowest BCUT2D eigenvalue weighted by Crippen LogP contribution is -2.36. The zero-order chi connectivity index (χ0) is 12.1. The largest absolute Gasteiger partial charge is 0.339 e. The van der Waals surface area contributed by atoms with Crippen molar-refractivity contribution in [1.82, 2.24) is 9.88 Å². The number of hydrogen-bond acceptors (Lipinski definition) is 2. The molecule has 1 amide bonds. The third-order valence-corrected chi connectivity index (χ3v) is 2.81. The number of aromatic nitrogens is 1. The Morgan fingerprint density at radius 1 is 1.50 bits per heavy atom. The molecule has 0 aromatic carbocycles. The van der Waals surface area contributed by atoms with Gasteiger partial charge in [0.05, 0.1) is 11.8 Å². The van der Waals surface area contributed by atoms with Gasteiger partial charge in [0.2, 0.25) is 0 Å². The minimum Gasteiger partial charge on any atom is -0.339 e. The quantitative estimate of drug-likeness (QED) is 0.787. The van der Waals surface area contributed by atoms with E-state index in [1.807, 2.05) is 13.8 Å². The Bertz CT molecular complexity index is 364. The summed E-state index contributed by atoms with van der Waals surface area (Å²) in [6, 6.07) is 1.57. The lowest BCUT2D eigenvalue weighted by Gasteiger charge is -2.26. The Hall–Kier alpha value is -1.45. The molecule has 1 heterocycles. The molecule has 1 aromatic rings. The predicted molar refractivity (Wildman–Crippen MR) is 60.7 cm³/mol. The first kappa shape index (κ1) is 12.6. The maximum atomic E-state index is 13.4. The summed E-state index contributed by atoms with van der Waals surface area (Å²) >= 11 is 0. The van der Waals surface area contributed by atoms with Crippen LogP contribution in [-0.2, 0) is 0 Å². The molecule has 16 heavy (non-hydrogen) atoms. The van der Waals surface area contributed by atoms with Crippen LogP contribution in [0.5, 0.6) is 0 Å². The second-order valence-corrected chi connectivity index (χ2v) is 3.74. The molecule has 88 valence electrons. The third kappa shape index (κ3) is 2.56. The molecular formula is C12H17FN2O. The van der Waals surface area contributed by atoms with E-state index in [1.165, 1.54) is 12.3 Å². The van der Waals surface area contributed by atoms with Crippen LogP contribution in [0.4, 0.5) is 4.39 Å². The van der Waals surface area contributed by atoms with Crippen LogP contribution in [-0.4, -0.2) is 28.9 Å². The van der Waals surface area contributed by atoms with E-state index < -0.39 is 5.82 Å². The van der Waals surface area contributed by atoms with Crippen LogP contribution in [0.25, 0.3) is 0 Å². The van der Waals surface area contributed by atoms with E-state index in [0.29, 0.717) is 0 Å². The van der Waals surface area contributed by atoms with E-state index in [1.54, 1.807) is 11.9 Å². The molecule has 4 heteroatoms. The molecule has 1 rings (SSSR count). The number of nitrogens with zero attached hydrogens (tertiary/aromatic N) is 2. The Kier molecular flexibility index (Phi) is 4.40. The van der Waals surface area contributed by atoms with E-state index >= 15 is 0 Å². The molecule has 0 aliphatic rings. The summed E-state index contributed by atoms with van der Waals surface area (Å²) in [7, 11) is 1.71. The van der Waals surface area contributed by atoms with Gasteiger partial charge in [0.15, 0.2) is 5.82 Å². The van der Waals surface area contributed by atoms with Gasteiger partial charge in [-0.25, -0.2) is 4.39 Å². The highest BCUT2D eigenvalue weighted by Crippen LogP contribution is 2.13. The molecule has 0 unspecified atom stereocenters. The summed E-state index contributed by atoms with van der Waals surface area (Å²) in [6.45, 7) is 4.03. The van der Waals surface area contributed by atoms with Crippen molar-refractivity contribution >= 4 is 5.91 Å². The van der Waals surface area contributed by atoms with Gasteiger partial charge >= 0.3 is 0 Å². The van der Waals surface area contributed by atoms with Crippen LogP contribution < -0.4 is 0 Å². The summed E-state index contributed by atoms with van der Waals surface area (Å²) in [5.41, 5.74) is 0.0874. The van der Waals surface area contributed by atoms with Gasteiger partial charge in [-0.3, -0.25) is 9.78 Å². The van der Waals surface area contributed by atoms with Crippen LogP contribution in [0.15, 0.2) is 18.5 Å². The number of carbonyl (C=O) groups is 1. The molecule has 0 N–H and O–H groups in total. The van der Waals surface area contributed by atoms with Crippen molar-refractivity contribution < 1.29 is 9.18 Å². The molecule has 0 saturated heterocycles. The molecule has 0 atom stereocenters. The molecule has 1 aromatic heterocycles. The van der Waals surface area contributed by atoms with Gasteiger partial charge in [-0.05, 0) is 18.9 Å². The second kappa shape index (κ2) is 5.58. The topological polar surface area (TPSA) is 33.2 Å². The lowest BCUT2D eigenvalue weighted by atomic mass is 10.1. The summed E-state index contributed by atoms with van der Waals surface area (Å²) in [6.07, 6.45) is 4.22. The smallest absolute Gasteiger partial charge is 0.256 e. The van der Waals surface area contributed by atoms with Crippen molar-refractivity contribution in [2.45, 2.75) is 32.7 Å². The van der Waals surface area contributed by atoms with Crippen molar-refractivity contribution in [3.8, 4) is 0 Å². The van der Waals surface area contributed by atoms with E-state index in [9.17, 15) is 9.18 Å². The van der Waals surface area contributed by atoms with Gasteiger partial charge in [-0.2, -0.15) is 0 Å². The molecule has 0 aliphatic carbocycles. The van der Waals surface area contributed by atoms with Crippen molar-refractivity contribution in [2.75, 3.05) is 7.05 Å². The van der Waals surface area contributed by atoms with Gasteiger partial charge in [0.25, 0.3) is 5.91 Å². The number of hydrogen-bond donors (Lipinski definition) is 0. The van der Waals surface area contributed by atoms with Crippen LogP contribution in [0, 0.1) is 5.82 Å². The van der Waals surface area contributed by atoms with Gasteiger partial charge in [-0.15, -0.1) is 0 Å². The predicted octanol–water partition coefficient (Wildman–Crippen LogP) is 2.48. The zero-order valence-electron chi connectivity index (χ0n) is 9.90. The Balaban J connectivity index is 2.90. The highest BCUT2D eigenvalue weighted by Gasteiger charge is 2.20. The standard InChI is InChI=1S/C12H17FN2O/c1-4-9(5-2)15(3)12(16)10-6-7-14-8-11(10)13/h6-9H,4-5H2,1-3H3. The van der Waals surface area contributed by atoms with Gasteiger partial charge in [0.1, 0.15) is 0 Å². The van der Waals surface area contributed by atoms with Crippen molar-refractivity contribution in [3.05, 3.63) is 29.8 Å². The van der Waals surface area contributed by atoms with Crippen molar-refractivity contribution in [3.63, 3.8) is 0 Å². The SMILES string of the molecule is CCC(CC)N(C)C(=O)c1ccncc1F. The van der Waals surface area contributed by atoms with Crippen molar-refractivity contribution in [1.29, 1.82) is 0 Å². The number of amides is 1. The lowest BCUT2D eigenvalue weighted by molar-refractivity contribution is 0.0718. The third-order valence-electron chi connectivity index (χ3n) is 2.81. The molecular weight excluding hydrogens is 207 g/mol. The summed E-state index contributed by atoms with van der Waals surface area (Å²) in [4.78, 5) is 17.2. The first-order valence-corrected chi connectivity index (χ1v) is 5.48. The summed E-state index contributed by atoms with van der Waals surface area (Å²) in [5, 5.41) is 0. The maximum Gasteiger partial charge on any atom is 0.256 e. The molecule has 0 bridgehead atoms. The number of carbonyl (C=O) groups excluding carboxylic acids is 1. The van der Waals surface area contributed by atoms with Gasteiger partial charge < -0.3 is 4.90 Å². The highest BCUT2D eigenvalue weighted by molar-refractivity contribution is 5.94. The second-order valence-electron chi connectivity index (χ2n) is 3.74. The molecule has 0 spiro atoms. The Morgan fingerprint density at radius 3 is 2.62 bits per heavy atom. The monoisotopic (exact) mass is 224 g/mol. The number of pyridine rings is 1. The Morgan fingerprint density at radius 2 is 2.12 bits per heavy atom. The van der Waals surface area contributed by atoms with Crippen molar-refractivity contribution in [2.24, 2.45) is 0 Å². The van der Waals surface area contributed by atoms with Gasteiger partial charge in [-0.1, -0.05) is 13.8 Å². The van der Waals surface area contributed by atoms with E-state index in [2.05, 4.69) is 4.98 Å². The first-order chi connectivity index (χ1) is 7.61. The van der Waals surface area contributed by atoms with Crippen LogP contribution in [0.1, 0.15) is 37.0 Å². The normalized spacial score (nSPS) is 10.6. The average Bonchev–Trinajstić information content (AvgIpc) is 2.30. The molecule has 0 saturated carbocycles. The highest BCUT2D eigenvalue weighted by atomic mass is 19.1. The number of halogens is 1. The first-order valence-electron chi connectivity index (χ1n) is 5.48. The fraction of sp³-hybridized carbons (Fsp3) is 0.500. The fourth-order valence-electron chi connectivity index (χ4n) is 1.74. The average molecular weight is 224 g/mol. The van der Waals surface area contributed by atoms with Crippen LogP contribution >= 0.6 is 0 Å². The molecule has 0 radical (unpaired) electrons. The maximum absolute atomic E-state index is 13.4. The minimum absolute atomic E-state index is 0.0874.